The quantitative estimate of drug-likeness (QED) is 0.521. The Hall–Kier alpha value is -3.22. The molecule has 7 nitrogen and oxygen atoms in total. The van der Waals surface area contributed by atoms with Crippen molar-refractivity contribution in [3.63, 3.8) is 0 Å². The monoisotopic (exact) mass is 279 g/mol. The molecule has 1 aromatic carbocycles. The number of aromatic carboxylic acids is 1. The zero-order valence-corrected chi connectivity index (χ0v) is 10.7. The second-order valence-electron chi connectivity index (χ2n) is 4.60. The Morgan fingerprint density at radius 1 is 1.05 bits per heavy atom. The molecule has 21 heavy (non-hydrogen) atoms. The molecule has 0 saturated heterocycles. The fourth-order valence-electron chi connectivity index (χ4n) is 2.36. The number of hydrogen-bond donors (Lipinski definition) is 3. The fraction of sp³-hybridized carbons (Fsp3) is 0. The van der Waals surface area contributed by atoms with Crippen molar-refractivity contribution < 1.29 is 9.90 Å². The van der Waals surface area contributed by atoms with Crippen molar-refractivity contribution >= 4 is 27.9 Å². The van der Waals surface area contributed by atoms with Crippen LogP contribution in [0.25, 0.3) is 33.2 Å². The lowest BCUT2D eigenvalue weighted by Gasteiger charge is -1.97. The molecule has 4 aromatic rings. The number of aromatic nitrogens is 5. The summed E-state index contributed by atoms with van der Waals surface area (Å²) in [4.78, 5) is 23.0. The van der Waals surface area contributed by atoms with Crippen LogP contribution < -0.4 is 0 Å². The lowest BCUT2D eigenvalue weighted by atomic mass is 10.1. The number of nitrogens with one attached hydrogen (secondary N) is 2. The molecule has 3 N–H and O–H groups in total. The summed E-state index contributed by atoms with van der Waals surface area (Å²) in [5, 5.41) is 16.0. The maximum Gasteiger partial charge on any atom is 0.373 e. The van der Waals surface area contributed by atoms with E-state index in [1.165, 1.54) is 0 Å². The van der Waals surface area contributed by atoms with Crippen LogP contribution >= 0.6 is 0 Å². The van der Waals surface area contributed by atoms with E-state index < -0.39 is 5.97 Å². The Balaban J connectivity index is 1.99. The molecule has 3 heterocycles. The van der Waals surface area contributed by atoms with Crippen molar-refractivity contribution in [2.24, 2.45) is 0 Å². The van der Waals surface area contributed by atoms with E-state index in [9.17, 15) is 4.79 Å². The SMILES string of the molecule is O=C(O)c1nc2cc3[nH][nH]c(-c4ccncc4)c3cc2n1. The first-order valence-corrected chi connectivity index (χ1v) is 6.24. The highest BCUT2D eigenvalue weighted by molar-refractivity contribution is 6.01. The Labute approximate surface area is 117 Å². The summed E-state index contributed by atoms with van der Waals surface area (Å²) < 4.78 is 0. The van der Waals surface area contributed by atoms with Crippen LogP contribution in [0.15, 0.2) is 36.7 Å². The van der Waals surface area contributed by atoms with Crippen LogP contribution in [0.4, 0.5) is 0 Å². The minimum absolute atomic E-state index is 0.188. The third-order valence-electron chi connectivity index (χ3n) is 3.32. The average Bonchev–Trinajstić information content (AvgIpc) is 3.08. The summed E-state index contributed by atoms with van der Waals surface area (Å²) in [5.74, 6) is -1.32. The first kappa shape index (κ1) is 11.6. The first-order valence-electron chi connectivity index (χ1n) is 6.24. The molecule has 0 aliphatic heterocycles. The van der Waals surface area contributed by atoms with Crippen molar-refractivity contribution in [2.75, 3.05) is 0 Å². The number of rotatable bonds is 2. The van der Waals surface area contributed by atoms with Gasteiger partial charge in [-0.1, -0.05) is 0 Å². The molecule has 0 spiro atoms. The summed E-state index contributed by atoms with van der Waals surface area (Å²) in [6.45, 7) is 0. The number of aromatic amines is 2. The van der Waals surface area contributed by atoms with Crippen molar-refractivity contribution in [3.05, 3.63) is 42.5 Å². The van der Waals surface area contributed by atoms with Gasteiger partial charge >= 0.3 is 5.97 Å². The summed E-state index contributed by atoms with van der Waals surface area (Å²) in [6.07, 6.45) is 3.43. The molecule has 3 aromatic heterocycles. The van der Waals surface area contributed by atoms with Gasteiger partial charge in [0.1, 0.15) is 0 Å². The van der Waals surface area contributed by atoms with Crippen molar-refractivity contribution in [1.82, 2.24) is 25.1 Å². The van der Waals surface area contributed by atoms with Gasteiger partial charge in [0.15, 0.2) is 0 Å². The van der Waals surface area contributed by atoms with Gasteiger partial charge < -0.3 is 10.2 Å². The van der Waals surface area contributed by atoms with E-state index in [2.05, 4.69) is 25.1 Å². The fourth-order valence-corrected chi connectivity index (χ4v) is 2.36. The van der Waals surface area contributed by atoms with Gasteiger partial charge in [-0.05, 0) is 24.3 Å². The van der Waals surface area contributed by atoms with Gasteiger partial charge in [0.05, 0.1) is 22.2 Å². The maximum atomic E-state index is 10.9. The van der Waals surface area contributed by atoms with Crippen LogP contribution in [0.1, 0.15) is 10.6 Å². The largest absolute Gasteiger partial charge is 0.475 e. The number of H-pyrrole nitrogens is 2. The topological polar surface area (TPSA) is 108 Å². The molecule has 0 atom stereocenters. The van der Waals surface area contributed by atoms with Gasteiger partial charge in [0.2, 0.25) is 5.82 Å². The Morgan fingerprint density at radius 2 is 1.76 bits per heavy atom. The minimum atomic E-state index is -1.13. The molecule has 102 valence electrons. The van der Waals surface area contributed by atoms with Crippen LogP contribution in [-0.4, -0.2) is 36.2 Å². The number of carboxylic acids is 1. The number of pyridine rings is 1. The second-order valence-corrected chi connectivity index (χ2v) is 4.60. The van der Waals surface area contributed by atoms with Gasteiger partial charge in [-0.3, -0.25) is 10.1 Å². The van der Waals surface area contributed by atoms with Crippen LogP contribution in [0.3, 0.4) is 0 Å². The molecule has 4 rings (SSSR count). The predicted octanol–water partition coefficient (Wildman–Crippen LogP) is 2.20. The molecule has 0 radical (unpaired) electrons. The van der Waals surface area contributed by atoms with Crippen LogP contribution in [-0.2, 0) is 0 Å². The van der Waals surface area contributed by atoms with Gasteiger partial charge in [0, 0.05) is 23.3 Å². The number of imidazole rings is 1. The standard InChI is InChI=1S/C14H9N5O2/c20-14(21)13-16-10-5-8-9(6-11(10)17-13)18-19-12(8)7-1-3-15-4-2-7/h1-6,18-19H,(H,20,21). The second kappa shape index (κ2) is 4.14. The van der Waals surface area contributed by atoms with E-state index in [4.69, 9.17) is 5.11 Å². The summed E-state index contributed by atoms with van der Waals surface area (Å²) in [5.41, 5.74) is 3.83. The van der Waals surface area contributed by atoms with E-state index in [0.29, 0.717) is 11.0 Å². The minimum Gasteiger partial charge on any atom is -0.475 e. The van der Waals surface area contributed by atoms with E-state index in [1.807, 2.05) is 18.2 Å². The normalized spacial score (nSPS) is 11.2. The molecule has 0 saturated carbocycles. The molecule has 0 aliphatic rings. The van der Waals surface area contributed by atoms with Gasteiger partial charge in [-0.2, -0.15) is 0 Å². The smallest absolute Gasteiger partial charge is 0.373 e. The maximum absolute atomic E-state index is 10.9. The van der Waals surface area contributed by atoms with Gasteiger partial charge in [-0.25, -0.2) is 14.8 Å². The van der Waals surface area contributed by atoms with Crippen LogP contribution in [0, 0.1) is 0 Å². The zero-order chi connectivity index (χ0) is 14.4. The van der Waals surface area contributed by atoms with Crippen LogP contribution in [0.5, 0.6) is 0 Å². The third kappa shape index (κ3) is 1.75. The summed E-state index contributed by atoms with van der Waals surface area (Å²) >= 11 is 0. The first-order chi connectivity index (χ1) is 10.2. The highest BCUT2D eigenvalue weighted by Crippen LogP contribution is 2.28. The molecule has 7 heteroatoms. The number of fused-ring (bicyclic) bond motifs is 2. The highest BCUT2D eigenvalue weighted by atomic mass is 16.4. The van der Waals surface area contributed by atoms with E-state index in [0.717, 1.165) is 22.2 Å². The molecule has 0 amide bonds. The average molecular weight is 279 g/mol. The Bertz CT molecular complexity index is 971. The summed E-state index contributed by atoms with van der Waals surface area (Å²) in [7, 11) is 0. The predicted molar refractivity (Wildman–Crippen MR) is 75.9 cm³/mol. The van der Waals surface area contributed by atoms with Gasteiger partial charge in [-0.15, -0.1) is 0 Å². The number of nitrogens with zero attached hydrogens (tertiary/aromatic N) is 3. The van der Waals surface area contributed by atoms with E-state index >= 15 is 0 Å². The number of carboxylic acid groups (broad SMARTS) is 1. The molecule has 0 unspecified atom stereocenters. The number of hydrogen-bond acceptors (Lipinski definition) is 4. The van der Waals surface area contributed by atoms with Crippen molar-refractivity contribution in [3.8, 4) is 11.3 Å². The molecule has 0 fully saturated rings. The van der Waals surface area contributed by atoms with Crippen molar-refractivity contribution in [2.45, 2.75) is 0 Å². The van der Waals surface area contributed by atoms with Gasteiger partial charge in [0.25, 0.3) is 0 Å². The van der Waals surface area contributed by atoms with E-state index in [1.54, 1.807) is 18.5 Å². The third-order valence-corrected chi connectivity index (χ3v) is 3.32. The molecule has 0 bridgehead atoms. The lowest BCUT2D eigenvalue weighted by Crippen LogP contribution is -1.97. The zero-order valence-electron chi connectivity index (χ0n) is 10.7. The van der Waals surface area contributed by atoms with E-state index in [-0.39, 0.29) is 5.82 Å². The summed E-state index contributed by atoms with van der Waals surface area (Å²) in [6, 6.07) is 7.39. The number of benzene rings is 1. The Kier molecular flexibility index (Phi) is 2.28. The highest BCUT2D eigenvalue weighted by Gasteiger charge is 2.14. The lowest BCUT2D eigenvalue weighted by molar-refractivity contribution is 0.0685. The van der Waals surface area contributed by atoms with Crippen LogP contribution in [0.2, 0.25) is 0 Å². The molecular formula is C14H9N5O2. The van der Waals surface area contributed by atoms with Crippen molar-refractivity contribution in [1.29, 1.82) is 0 Å². The molecule has 0 aliphatic carbocycles. The molecular weight excluding hydrogens is 270 g/mol. The number of carbonyl (C=O) groups is 1. The Morgan fingerprint density at radius 3 is 2.48 bits per heavy atom.